The van der Waals surface area contributed by atoms with Crippen LogP contribution in [-0.4, -0.2) is 37.4 Å². The third-order valence-corrected chi connectivity index (χ3v) is 6.22. The number of amidine groups is 2. The quantitative estimate of drug-likeness (QED) is 0.724. The molecule has 29 heavy (non-hydrogen) atoms. The minimum Gasteiger partial charge on any atom is -0.478 e. The van der Waals surface area contributed by atoms with Crippen LogP contribution in [0.2, 0.25) is 0 Å². The number of nitrogens with zero attached hydrogens (tertiary/aromatic N) is 3. The van der Waals surface area contributed by atoms with Gasteiger partial charge in [-0.25, -0.2) is 4.79 Å². The van der Waals surface area contributed by atoms with Crippen LogP contribution in [0.3, 0.4) is 0 Å². The molecule has 0 aromatic heterocycles. The molecule has 0 fully saturated rings. The van der Waals surface area contributed by atoms with Gasteiger partial charge in [0.15, 0.2) is 10.2 Å². The third kappa shape index (κ3) is 4.15. The summed E-state index contributed by atoms with van der Waals surface area (Å²) in [5, 5.41) is 23.5. The molecule has 1 amide bonds. The molecular formula is C20H14N4O3S2. The molecule has 4 rings (SSSR count). The van der Waals surface area contributed by atoms with Crippen molar-refractivity contribution in [1.82, 2.24) is 5.01 Å². The number of carboxylic acid groups (broad SMARTS) is 1. The molecule has 2 N–H and O–H groups in total. The zero-order chi connectivity index (χ0) is 20.4. The molecule has 0 radical (unpaired) electrons. The number of aliphatic imine (C=N–C) groups is 1. The van der Waals surface area contributed by atoms with E-state index in [-0.39, 0.29) is 17.0 Å². The van der Waals surface area contributed by atoms with Crippen LogP contribution in [0.25, 0.3) is 6.08 Å². The summed E-state index contributed by atoms with van der Waals surface area (Å²) < 4.78 is 0.720. The number of hydrogen-bond donors (Lipinski definition) is 2. The number of amides is 1. The summed E-state index contributed by atoms with van der Waals surface area (Å²) in [6.07, 6.45) is 1.52. The Morgan fingerprint density at radius 3 is 2.59 bits per heavy atom. The van der Waals surface area contributed by atoms with Crippen molar-refractivity contribution in [3.05, 3.63) is 76.9 Å². The van der Waals surface area contributed by atoms with Crippen molar-refractivity contribution in [3.8, 4) is 0 Å². The lowest BCUT2D eigenvalue weighted by atomic mass is 10.1. The first kappa shape index (κ1) is 19.2. The highest BCUT2D eigenvalue weighted by Crippen LogP contribution is 2.33. The number of hydrazone groups is 1. The molecule has 0 spiro atoms. The minimum atomic E-state index is -1.02. The Bertz CT molecular complexity index is 1090. The van der Waals surface area contributed by atoms with Crippen LogP contribution in [0, 0.1) is 5.41 Å². The standard InChI is InChI=1S/C20H14N4O3S2/c21-16-15(10-12-6-8-14(9-7-12)18(26)27)17(25)22-19-24(16)23-20(29-19)28-11-13-4-2-1-3-5-13/h1-10,21H,11H2,(H,26,27)/b15-10-,21-16?. The maximum absolute atomic E-state index is 12.4. The average molecular weight is 422 g/mol. The molecule has 0 saturated carbocycles. The van der Waals surface area contributed by atoms with Crippen molar-refractivity contribution in [3.63, 3.8) is 0 Å². The summed E-state index contributed by atoms with van der Waals surface area (Å²) in [6.45, 7) is 0. The fourth-order valence-electron chi connectivity index (χ4n) is 2.64. The number of rotatable bonds is 4. The van der Waals surface area contributed by atoms with Gasteiger partial charge in [-0.05, 0) is 41.1 Å². The van der Waals surface area contributed by atoms with Crippen molar-refractivity contribution >= 4 is 56.9 Å². The summed E-state index contributed by atoms with van der Waals surface area (Å²) in [5.41, 5.74) is 2.02. The maximum Gasteiger partial charge on any atom is 0.335 e. The van der Waals surface area contributed by atoms with Crippen LogP contribution in [0.1, 0.15) is 21.5 Å². The van der Waals surface area contributed by atoms with Crippen LogP contribution in [0.15, 0.2) is 70.3 Å². The largest absolute Gasteiger partial charge is 0.478 e. The Morgan fingerprint density at radius 2 is 1.90 bits per heavy atom. The lowest BCUT2D eigenvalue weighted by Crippen LogP contribution is -2.35. The van der Waals surface area contributed by atoms with E-state index in [2.05, 4.69) is 10.1 Å². The Labute approximate surface area is 174 Å². The van der Waals surface area contributed by atoms with Crippen molar-refractivity contribution < 1.29 is 14.7 Å². The summed E-state index contributed by atoms with van der Waals surface area (Å²) >= 11 is 2.79. The highest BCUT2D eigenvalue weighted by molar-refractivity contribution is 8.45. The fraction of sp³-hybridized carbons (Fsp3) is 0.0500. The van der Waals surface area contributed by atoms with Crippen LogP contribution in [0.4, 0.5) is 0 Å². The van der Waals surface area contributed by atoms with Gasteiger partial charge in [-0.3, -0.25) is 10.2 Å². The second-order valence-electron chi connectivity index (χ2n) is 6.09. The van der Waals surface area contributed by atoms with E-state index < -0.39 is 11.9 Å². The first-order chi connectivity index (χ1) is 14.0. The Balaban J connectivity index is 1.52. The van der Waals surface area contributed by atoms with Gasteiger partial charge in [0, 0.05) is 5.75 Å². The van der Waals surface area contributed by atoms with Crippen LogP contribution < -0.4 is 0 Å². The molecule has 0 atom stereocenters. The SMILES string of the molecule is N=C1/C(=C/c2ccc(C(=O)O)cc2)C(=O)N=C2SC(SCc3ccccc3)=NN12. The fourth-order valence-corrected chi connectivity index (χ4v) is 4.52. The smallest absolute Gasteiger partial charge is 0.335 e. The molecule has 0 saturated heterocycles. The lowest BCUT2D eigenvalue weighted by Gasteiger charge is -2.20. The van der Waals surface area contributed by atoms with Crippen molar-refractivity contribution in [1.29, 1.82) is 5.41 Å². The molecule has 2 aromatic carbocycles. The minimum absolute atomic E-state index is 0.0508. The molecule has 2 heterocycles. The molecule has 2 aromatic rings. The van der Waals surface area contributed by atoms with Crippen LogP contribution >= 0.6 is 23.5 Å². The predicted octanol–water partition coefficient (Wildman–Crippen LogP) is 3.89. The first-order valence-electron chi connectivity index (χ1n) is 8.51. The van der Waals surface area contributed by atoms with E-state index in [4.69, 9.17) is 10.5 Å². The molecule has 0 unspecified atom stereocenters. The number of thioether (sulfide) groups is 2. The van der Waals surface area contributed by atoms with E-state index in [9.17, 15) is 9.59 Å². The summed E-state index contributed by atoms with van der Waals surface area (Å²) in [6, 6.07) is 16.0. The highest BCUT2D eigenvalue weighted by atomic mass is 32.2. The second kappa shape index (κ2) is 8.06. The van der Waals surface area contributed by atoms with E-state index in [0.717, 1.165) is 15.7 Å². The topological polar surface area (TPSA) is 106 Å². The summed E-state index contributed by atoms with van der Waals surface area (Å²) in [4.78, 5) is 27.4. The molecule has 0 bridgehead atoms. The second-order valence-corrected chi connectivity index (χ2v) is 8.27. The number of carbonyl (C=O) groups is 2. The Hall–Kier alpha value is -3.17. The number of nitrogens with one attached hydrogen (secondary N) is 1. The molecule has 144 valence electrons. The predicted molar refractivity (Wildman–Crippen MR) is 116 cm³/mol. The molecular weight excluding hydrogens is 408 g/mol. The van der Waals surface area contributed by atoms with Gasteiger partial charge in [-0.1, -0.05) is 54.2 Å². The van der Waals surface area contributed by atoms with Gasteiger partial charge in [0.1, 0.15) is 0 Å². The number of carbonyl (C=O) groups excluding carboxylic acids is 1. The van der Waals surface area contributed by atoms with Crippen molar-refractivity contribution in [2.45, 2.75) is 5.75 Å². The van der Waals surface area contributed by atoms with Crippen LogP contribution in [-0.2, 0) is 10.5 Å². The van der Waals surface area contributed by atoms with E-state index in [1.165, 1.54) is 46.7 Å². The van der Waals surface area contributed by atoms with Gasteiger partial charge in [-0.15, -0.1) is 5.10 Å². The number of benzene rings is 2. The number of aromatic carboxylic acids is 1. The third-order valence-electron chi connectivity index (χ3n) is 4.11. The monoisotopic (exact) mass is 422 g/mol. The van der Waals surface area contributed by atoms with E-state index in [0.29, 0.717) is 10.7 Å². The van der Waals surface area contributed by atoms with Gasteiger partial charge in [0.2, 0.25) is 5.17 Å². The zero-order valence-corrected chi connectivity index (χ0v) is 16.5. The Kier molecular flexibility index (Phi) is 5.32. The van der Waals surface area contributed by atoms with Gasteiger partial charge in [0.05, 0.1) is 11.1 Å². The number of carboxylic acids is 1. The van der Waals surface area contributed by atoms with Gasteiger partial charge in [-0.2, -0.15) is 10.0 Å². The lowest BCUT2D eigenvalue weighted by molar-refractivity contribution is -0.114. The van der Waals surface area contributed by atoms with E-state index in [1.54, 1.807) is 12.1 Å². The summed E-state index contributed by atoms with van der Waals surface area (Å²) in [7, 11) is 0. The van der Waals surface area contributed by atoms with E-state index in [1.807, 2.05) is 30.3 Å². The molecule has 2 aliphatic rings. The van der Waals surface area contributed by atoms with Crippen molar-refractivity contribution in [2.24, 2.45) is 10.1 Å². The highest BCUT2D eigenvalue weighted by Gasteiger charge is 2.35. The Morgan fingerprint density at radius 1 is 1.17 bits per heavy atom. The summed E-state index contributed by atoms with van der Waals surface area (Å²) in [5.74, 6) is -0.858. The maximum atomic E-state index is 12.4. The molecule has 7 nitrogen and oxygen atoms in total. The van der Waals surface area contributed by atoms with Gasteiger partial charge < -0.3 is 5.11 Å². The first-order valence-corrected chi connectivity index (χ1v) is 10.3. The molecule has 2 aliphatic heterocycles. The molecule has 9 heteroatoms. The number of fused-ring (bicyclic) bond motifs is 1. The number of hydrogen-bond acceptors (Lipinski definition) is 6. The van der Waals surface area contributed by atoms with Crippen LogP contribution in [0.5, 0.6) is 0 Å². The van der Waals surface area contributed by atoms with Crippen molar-refractivity contribution in [2.75, 3.05) is 0 Å². The van der Waals surface area contributed by atoms with Gasteiger partial charge in [0.25, 0.3) is 5.91 Å². The zero-order valence-electron chi connectivity index (χ0n) is 14.9. The van der Waals surface area contributed by atoms with E-state index >= 15 is 0 Å². The normalized spacial score (nSPS) is 17.2. The van der Waals surface area contributed by atoms with Gasteiger partial charge >= 0.3 is 5.97 Å². The average Bonchev–Trinajstić information content (AvgIpc) is 3.14. The molecule has 0 aliphatic carbocycles.